The molecule has 3 rings (SSSR count). The summed E-state index contributed by atoms with van der Waals surface area (Å²) in [7, 11) is 13.0. The molecular weight excluding hydrogens is 542 g/mol. The molecule has 0 heterocycles. The summed E-state index contributed by atoms with van der Waals surface area (Å²) >= 11 is -2.78. The Labute approximate surface area is 175 Å². The fraction of sp³-hybridized carbons (Fsp3) is 0.409. The van der Waals surface area contributed by atoms with Gasteiger partial charge < -0.3 is 0 Å². The molecule has 4 heteroatoms. The van der Waals surface area contributed by atoms with Gasteiger partial charge in [-0.15, -0.1) is 0 Å². The number of fused-ring (bicyclic) bond motifs is 1. The van der Waals surface area contributed by atoms with E-state index in [9.17, 15) is 0 Å². The number of allylic oxidation sites excluding steroid dienone is 12. The summed E-state index contributed by atoms with van der Waals surface area (Å²) in [5, 5.41) is 1.63. The van der Waals surface area contributed by atoms with E-state index in [1.165, 1.54) is 31.2 Å². The standard InChI is InChI=1S/C22H27Si.2ClH.Hf/c1-6-18-20(23(4)5)13-9-12-17-14-19(15(2)3)21(22(17)18)16-10-7-8-11-16;;;/h7-10,12-13,15,18H,6,11H2,1-5H3;2*1H;/q;;;+2/p-2. The summed E-state index contributed by atoms with van der Waals surface area (Å²) < 4.78 is 1.34. The van der Waals surface area contributed by atoms with Gasteiger partial charge in [0.15, 0.2) is 0 Å². The summed E-state index contributed by atoms with van der Waals surface area (Å²) in [6.07, 6.45) is 15.8. The number of hydrogen-bond acceptors (Lipinski definition) is 0. The fourth-order valence-corrected chi connectivity index (χ4v) is 13.0. The van der Waals surface area contributed by atoms with Crippen LogP contribution in [0.3, 0.4) is 0 Å². The third kappa shape index (κ3) is 3.64. The molecule has 137 valence electrons. The van der Waals surface area contributed by atoms with E-state index in [4.69, 9.17) is 17.2 Å². The second-order valence-corrected chi connectivity index (χ2v) is 21.7. The van der Waals surface area contributed by atoms with Crippen molar-refractivity contribution in [3.63, 3.8) is 0 Å². The molecule has 0 fully saturated rings. The van der Waals surface area contributed by atoms with E-state index in [0.717, 1.165) is 12.8 Å². The van der Waals surface area contributed by atoms with Crippen molar-refractivity contribution in [1.29, 1.82) is 0 Å². The summed E-state index contributed by atoms with van der Waals surface area (Å²) in [6.45, 7) is 11.7. The summed E-state index contributed by atoms with van der Waals surface area (Å²) in [4.78, 5) is 0. The van der Waals surface area contributed by atoms with E-state index >= 15 is 0 Å². The zero-order chi connectivity index (χ0) is 19.0. The molecule has 1 unspecified atom stereocenters. The van der Waals surface area contributed by atoms with Crippen molar-refractivity contribution in [3.05, 3.63) is 67.7 Å². The van der Waals surface area contributed by atoms with Crippen LogP contribution in [0.15, 0.2) is 67.7 Å². The Morgan fingerprint density at radius 2 is 1.92 bits per heavy atom. The summed E-state index contributed by atoms with van der Waals surface area (Å²) in [5.74, 6) is 0.933. The molecule has 0 nitrogen and oxygen atoms in total. The van der Waals surface area contributed by atoms with Crippen LogP contribution in [0.4, 0.5) is 0 Å². The van der Waals surface area contributed by atoms with Gasteiger partial charge in [-0.3, -0.25) is 0 Å². The Bertz CT molecular complexity index is 828. The van der Waals surface area contributed by atoms with Crippen molar-refractivity contribution in [2.75, 3.05) is 0 Å². The van der Waals surface area contributed by atoms with Gasteiger partial charge in [-0.2, -0.15) is 0 Å². The van der Waals surface area contributed by atoms with Gasteiger partial charge in [0.2, 0.25) is 0 Å². The number of halogens is 2. The van der Waals surface area contributed by atoms with Crippen molar-refractivity contribution in [3.8, 4) is 0 Å². The molecule has 0 radical (unpaired) electrons. The molecule has 0 spiro atoms. The van der Waals surface area contributed by atoms with Crippen LogP contribution in [0.25, 0.3) is 0 Å². The first-order valence-electron chi connectivity index (χ1n) is 9.48. The second kappa shape index (κ2) is 8.55. The van der Waals surface area contributed by atoms with Crippen LogP contribution in [-0.2, 0) is 19.1 Å². The van der Waals surface area contributed by atoms with Gasteiger partial charge in [-0.25, -0.2) is 0 Å². The van der Waals surface area contributed by atoms with Crippen LogP contribution in [0.2, 0.25) is 13.1 Å². The van der Waals surface area contributed by atoms with E-state index in [1.807, 2.05) is 0 Å². The first-order chi connectivity index (χ1) is 12.4. The van der Waals surface area contributed by atoms with Gasteiger partial charge in [0.1, 0.15) is 0 Å². The molecule has 0 bridgehead atoms. The van der Waals surface area contributed by atoms with E-state index < -0.39 is 27.5 Å². The first kappa shape index (κ1) is 20.7. The van der Waals surface area contributed by atoms with Crippen LogP contribution in [-0.4, -0.2) is 13.6 Å². The third-order valence-corrected chi connectivity index (χ3v) is 13.5. The van der Waals surface area contributed by atoms with Crippen LogP contribution < -0.4 is 0 Å². The van der Waals surface area contributed by atoms with Crippen molar-refractivity contribution in [2.45, 2.75) is 46.7 Å². The van der Waals surface area contributed by atoms with Gasteiger partial charge in [0, 0.05) is 0 Å². The molecule has 1 atom stereocenters. The Kier molecular flexibility index (Phi) is 6.81. The van der Waals surface area contributed by atoms with Gasteiger partial charge in [0.05, 0.1) is 0 Å². The van der Waals surface area contributed by atoms with Crippen molar-refractivity contribution in [2.24, 2.45) is 11.8 Å². The van der Waals surface area contributed by atoms with Crippen LogP contribution in [0.1, 0.15) is 33.6 Å². The minimum atomic E-state index is -2.78. The van der Waals surface area contributed by atoms with Crippen molar-refractivity contribution in [1.82, 2.24) is 0 Å². The molecular formula is C22H27Cl2HfSi. The van der Waals surface area contributed by atoms with Crippen LogP contribution >= 0.6 is 17.2 Å². The maximum atomic E-state index is 6.75. The van der Waals surface area contributed by atoms with Crippen LogP contribution in [0, 0.1) is 11.8 Å². The molecule has 0 amide bonds. The first-order valence-corrected chi connectivity index (χ1v) is 22.7. The second-order valence-electron chi connectivity index (χ2n) is 7.67. The molecule has 0 N–H and O–H groups in total. The number of hydrogen-bond donors (Lipinski definition) is 0. The molecule has 0 aromatic heterocycles. The SMILES string of the molecule is CCC1C2=C(C3=CC=CC3)C(C(C)C)=[C]([Hf]([Cl])[Cl])C2=CC=CC1=[Si](C)C. The summed E-state index contributed by atoms with van der Waals surface area (Å²) in [6, 6.07) is 0. The fourth-order valence-electron chi connectivity index (χ4n) is 4.44. The normalized spacial score (nSPS) is 22.2. The molecule has 0 saturated carbocycles. The topological polar surface area (TPSA) is 0 Å². The van der Waals surface area contributed by atoms with Crippen molar-refractivity contribution < 1.29 is 19.1 Å². The number of rotatable bonds is 4. The monoisotopic (exact) mass is 569 g/mol. The Balaban J connectivity index is 2.35. The van der Waals surface area contributed by atoms with E-state index in [2.05, 4.69) is 70.3 Å². The van der Waals surface area contributed by atoms with Crippen molar-refractivity contribution >= 4 is 30.7 Å². The Hall–Kier alpha value is -0.0230. The third-order valence-electron chi connectivity index (χ3n) is 5.47. The van der Waals surface area contributed by atoms with Gasteiger partial charge >= 0.3 is 176 Å². The molecule has 0 aliphatic heterocycles. The Morgan fingerprint density at radius 1 is 1.19 bits per heavy atom. The zero-order valence-electron chi connectivity index (χ0n) is 16.3. The Morgan fingerprint density at radius 3 is 2.42 bits per heavy atom. The zero-order valence-corrected chi connectivity index (χ0v) is 22.4. The predicted molar refractivity (Wildman–Crippen MR) is 116 cm³/mol. The minimum absolute atomic E-state index is 0.442. The predicted octanol–water partition coefficient (Wildman–Crippen LogP) is 7.05. The van der Waals surface area contributed by atoms with Crippen LogP contribution in [0.5, 0.6) is 0 Å². The van der Waals surface area contributed by atoms with E-state index in [1.54, 1.807) is 5.17 Å². The van der Waals surface area contributed by atoms with E-state index in [0.29, 0.717) is 11.8 Å². The molecule has 0 aromatic rings. The van der Waals surface area contributed by atoms with E-state index in [-0.39, 0.29) is 0 Å². The quantitative estimate of drug-likeness (QED) is 0.319. The molecule has 3 aliphatic rings. The molecule has 3 aliphatic carbocycles. The van der Waals surface area contributed by atoms with Gasteiger partial charge in [-0.1, -0.05) is 0 Å². The average molecular weight is 569 g/mol. The molecule has 0 saturated heterocycles. The maximum absolute atomic E-state index is 6.75. The molecule has 26 heavy (non-hydrogen) atoms. The summed E-state index contributed by atoms with van der Waals surface area (Å²) in [5.41, 5.74) is 7.26. The van der Waals surface area contributed by atoms with Gasteiger partial charge in [-0.05, 0) is 0 Å². The van der Waals surface area contributed by atoms with Gasteiger partial charge in [0.25, 0.3) is 0 Å². The molecule has 0 aromatic carbocycles. The average Bonchev–Trinajstić information content (AvgIpc) is 3.15.